The summed E-state index contributed by atoms with van der Waals surface area (Å²) in [5.41, 5.74) is 2.28. The van der Waals surface area contributed by atoms with Crippen molar-refractivity contribution in [2.75, 3.05) is 13.1 Å². The zero-order valence-corrected chi connectivity index (χ0v) is 11.0. The van der Waals surface area contributed by atoms with Gasteiger partial charge in [-0.25, -0.2) is 0 Å². The average Bonchev–Trinajstić information content (AvgIpc) is 2.38. The quantitative estimate of drug-likeness (QED) is 0.457. The number of hydrogen-bond donors (Lipinski definition) is 1. The molecule has 0 radical (unpaired) electrons. The predicted molar refractivity (Wildman–Crippen MR) is 74.5 cm³/mol. The molecule has 0 spiro atoms. The van der Waals surface area contributed by atoms with Crippen molar-refractivity contribution in [1.29, 1.82) is 0 Å². The molecule has 0 saturated carbocycles. The largest absolute Gasteiger partial charge is 0.313 e. The maximum absolute atomic E-state index is 10.7. The van der Waals surface area contributed by atoms with Crippen LogP contribution in [0.3, 0.4) is 0 Å². The molecular weight excluding hydrogens is 228 g/mol. The number of rotatable bonds is 7. The average molecular weight is 248 g/mol. The van der Waals surface area contributed by atoms with Crippen LogP contribution in [0.15, 0.2) is 29.8 Å². The Morgan fingerprint density at radius 2 is 2.22 bits per heavy atom. The second kappa shape index (κ2) is 7.61. The fourth-order valence-corrected chi connectivity index (χ4v) is 1.67. The van der Waals surface area contributed by atoms with Gasteiger partial charge in [0, 0.05) is 18.7 Å². The van der Waals surface area contributed by atoms with Crippen LogP contribution in [0.2, 0.25) is 0 Å². The van der Waals surface area contributed by atoms with Gasteiger partial charge in [0.15, 0.2) is 0 Å². The van der Waals surface area contributed by atoms with E-state index in [-0.39, 0.29) is 10.6 Å². The van der Waals surface area contributed by atoms with Crippen molar-refractivity contribution in [3.8, 4) is 0 Å². The normalized spacial score (nSPS) is 11.6. The van der Waals surface area contributed by atoms with E-state index in [1.807, 2.05) is 12.1 Å². The van der Waals surface area contributed by atoms with Crippen LogP contribution < -0.4 is 5.32 Å². The number of nitro groups is 1. The summed E-state index contributed by atoms with van der Waals surface area (Å²) in [6.45, 7) is 6.05. The minimum atomic E-state index is -0.363. The number of nitrogens with one attached hydrogen (secondary N) is 1. The minimum Gasteiger partial charge on any atom is -0.313 e. The van der Waals surface area contributed by atoms with E-state index >= 15 is 0 Å². The molecule has 18 heavy (non-hydrogen) atoms. The van der Waals surface area contributed by atoms with E-state index < -0.39 is 0 Å². The first-order chi connectivity index (χ1) is 8.67. The summed E-state index contributed by atoms with van der Waals surface area (Å²) in [6, 6.07) is 6.73. The lowest BCUT2D eigenvalue weighted by atomic mass is 10.1. The third-order valence-electron chi connectivity index (χ3n) is 2.68. The lowest BCUT2D eigenvalue weighted by molar-refractivity contribution is -0.384. The monoisotopic (exact) mass is 248 g/mol. The molecule has 1 N–H and O–H groups in total. The first-order valence-corrected chi connectivity index (χ1v) is 6.32. The Morgan fingerprint density at radius 1 is 1.44 bits per heavy atom. The predicted octanol–water partition coefficient (Wildman–Crippen LogP) is 3.39. The standard InChI is InChI=1S/C14H20N2O2/c1-3-8-15-11-12(4-2)9-13-6-5-7-14(10-13)16(17)18/h5-7,9-10,15H,3-4,8,11H2,1-2H3. The minimum absolute atomic E-state index is 0.140. The van der Waals surface area contributed by atoms with Crippen molar-refractivity contribution in [2.24, 2.45) is 0 Å². The van der Waals surface area contributed by atoms with Crippen LogP contribution in [-0.4, -0.2) is 18.0 Å². The van der Waals surface area contributed by atoms with Crippen molar-refractivity contribution < 1.29 is 4.92 Å². The first-order valence-electron chi connectivity index (χ1n) is 6.32. The van der Waals surface area contributed by atoms with Crippen molar-refractivity contribution in [3.05, 3.63) is 45.5 Å². The fraction of sp³-hybridized carbons (Fsp3) is 0.429. The van der Waals surface area contributed by atoms with Crippen LogP contribution in [0.4, 0.5) is 5.69 Å². The molecule has 98 valence electrons. The van der Waals surface area contributed by atoms with E-state index in [1.165, 1.54) is 11.6 Å². The molecular formula is C14H20N2O2. The molecule has 0 aliphatic carbocycles. The van der Waals surface area contributed by atoms with Gasteiger partial charge in [-0.15, -0.1) is 0 Å². The van der Waals surface area contributed by atoms with E-state index in [9.17, 15) is 10.1 Å². The molecule has 1 rings (SSSR count). The summed E-state index contributed by atoms with van der Waals surface area (Å²) in [4.78, 5) is 10.3. The molecule has 1 aromatic carbocycles. The number of benzene rings is 1. The number of nitro benzene ring substituents is 1. The fourth-order valence-electron chi connectivity index (χ4n) is 1.67. The molecule has 0 unspecified atom stereocenters. The van der Waals surface area contributed by atoms with Crippen molar-refractivity contribution >= 4 is 11.8 Å². The van der Waals surface area contributed by atoms with Crippen molar-refractivity contribution in [2.45, 2.75) is 26.7 Å². The molecule has 0 aliphatic heterocycles. The summed E-state index contributed by atoms with van der Waals surface area (Å²) in [6.07, 6.45) is 4.07. The van der Waals surface area contributed by atoms with Gasteiger partial charge in [-0.05, 0) is 24.9 Å². The molecule has 0 amide bonds. The van der Waals surface area contributed by atoms with Crippen LogP contribution in [0.25, 0.3) is 6.08 Å². The van der Waals surface area contributed by atoms with Crippen LogP contribution in [0.1, 0.15) is 32.3 Å². The van der Waals surface area contributed by atoms with Gasteiger partial charge >= 0.3 is 0 Å². The summed E-state index contributed by atoms with van der Waals surface area (Å²) < 4.78 is 0. The zero-order valence-electron chi connectivity index (χ0n) is 11.0. The van der Waals surface area contributed by atoms with Crippen LogP contribution in [0.5, 0.6) is 0 Å². The summed E-state index contributed by atoms with van der Waals surface area (Å²) >= 11 is 0. The highest BCUT2D eigenvalue weighted by Crippen LogP contribution is 2.16. The van der Waals surface area contributed by atoms with E-state index in [2.05, 4.69) is 19.2 Å². The van der Waals surface area contributed by atoms with Crippen LogP contribution >= 0.6 is 0 Å². The first kappa shape index (κ1) is 14.4. The van der Waals surface area contributed by atoms with Gasteiger partial charge in [0.05, 0.1) is 4.92 Å². The molecule has 0 saturated heterocycles. The Labute approximate surface area is 108 Å². The molecule has 0 heterocycles. The third-order valence-corrected chi connectivity index (χ3v) is 2.68. The zero-order chi connectivity index (χ0) is 13.4. The molecule has 0 aliphatic rings. The number of hydrogen-bond acceptors (Lipinski definition) is 3. The second-order valence-corrected chi connectivity index (χ2v) is 4.19. The molecule has 1 aromatic rings. The topological polar surface area (TPSA) is 55.2 Å². The number of non-ortho nitro benzene ring substituents is 1. The van der Waals surface area contributed by atoms with Gasteiger partial charge in [-0.1, -0.05) is 37.6 Å². The summed E-state index contributed by atoms with van der Waals surface area (Å²) in [7, 11) is 0. The summed E-state index contributed by atoms with van der Waals surface area (Å²) in [5, 5.41) is 14.0. The number of nitrogens with zero attached hydrogens (tertiary/aromatic N) is 1. The van der Waals surface area contributed by atoms with Gasteiger partial charge in [-0.2, -0.15) is 0 Å². The van der Waals surface area contributed by atoms with Gasteiger partial charge in [0.2, 0.25) is 0 Å². The highest BCUT2D eigenvalue weighted by atomic mass is 16.6. The van der Waals surface area contributed by atoms with E-state index in [0.29, 0.717) is 0 Å². The van der Waals surface area contributed by atoms with Gasteiger partial charge in [0.1, 0.15) is 0 Å². The van der Waals surface area contributed by atoms with Gasteiger partial charge < -0.3 is 5.32 Å². The molecule has 0 fully saturated rings. The van der Waals surface area contributed by atoms with Crippen LogP contribution in [0, 0.1) is 10.1 Å². The molecule has 0 bridgehead atoms. The Balaban J connectivity index is 2.78. The Morgan fingerprint density at radius 3 is 2.83 bits per heavy atom. The van der Waals surface area contributed by atoms with Gasteiger partial charge in [-0.3, -0.25) is 10.1 Å². The lowest BCUT2D eigenvalue weighted by Crippen LogP contribution is -2.17. The van der Waals surface area contributed by atoms with Crippen molar-refractivity contribution in [3.63, 3.8) is 0 Å². The lowest BCUT2D eigenvalue weighted by Gasteiger charge is -2.06. The van der Waals surface area contributed by atoms with E-state index in [4.69, 9.17) is 0 Å². The molecule has 0 aromatic heterocycles. The second-order valence-electron chi connectivity index (χ2n) is 4.19. The maximum atomic E-state index is 10.7. The molecule has 4 heteroatoms. The summed E-state index contributed by atoms with van der Waals surface area (Å²) in [5.74, 6) is 0. The van der Waals surface area contributed by atoms with E-state index in [1.54, 1.807) is 12.1 Å². The van der Waals surface area contributed by atoms with Crippen LogP contribution in [-0.2, 0) is 0 Å². The van der Waals surface area contributed by atoms with E-state index in [0.717, 1.165) is 31.5 Å². The SMILES string of the molecule is CCCNCC(=Cc1cccc([N+](=O)[O-])c1)CC. The van der Waals surface area contributed by atoms with Gasteiger partial charge in [0.25, 0.3) is 5.69 Å². The Bertz CT molecular complexity index is 428. The maximum Gasteiger partial charge on any atom is 0.270 e. The highest BCUT2D eigenvalue weighted by Gasteiger charge is 2.04. The highest BCUT2D eigenvalue weighted by molar-refractivity contribution is 5.56. The Hall–Kier alpha value is -1.68. The smallest absolute Gasteiger partial charge is 0.270 e. The van der Waals surface area contributed by atoms with Crippen molar-refractivity contribution in [1.82, 2.24) is 5.32 Å². The Kier molecular flexibility index (Phi) is 6.08. The third kappa shape index (κ3) is 4.67. The molecule has 0 atom stereocenters. The molecule has 4 nitrogen and oxygen atoms in total.